The summed E-state index contributed by atoms with van der Waals surface area (Å²) < 4.78 is 18.5. The number of benzene rings is 2. The van der Waals surface area contributed by atoms with Crippen LogP contribution in [-0.4, -0.2) is 19.6 Å². The normalized spacial score (nSPS) is 10.2. The Morgan fingerprint density at radius 2 is 1.90 bits per heavy atom. The second-order valence-corrected chi connectivity index (χ2v) is 4.23. The van der Waals surface area contributed by atoms with Crippen molar-refractivity contribution in [2.45, 2.75) is 6.92 Å². The van der Waals surface area contributed by atoms with Crippen molar-refractivity contribution in [2.24, 2.45) is 0 Å². The minimum Gasteiger partial charge on any atom is -0.494 e. The van der Waals surface area contributed by atoms with Crippen molar-refractivity contribution < 1.29 is 13.9 Å². The highest BCUT2D eigenvalue weighted by Crippen LogP contribution is 2.21. The molecule has 0 spiro atoms. The van der Waals surface area contributed by atoms with E-state index in [1.807, 2.05) is 37.3 Å². The molecule has 2 rings (SSSR count). The van der Waals surface area contributed by atoms with Crippen molar-refractivity contribution in [3.63, 3.8) is 0 Å². The second-order valence-electron chi connectivity index (χ2n) is 4.23. The van der Waals surface area contributed by atoms with Gasteiger partial charge in [-0.1, -0.05) is 18.2 Å². The molecule has 0 saturated carbocycles. The van der Waals surface area contributed by atoms with Gasteiger partial charge in [0.05, 0.1) is 7.11 Å². The molecule has 0 atom stereocenters. The Kier molecular flexibility index (Phi) is 4.35. The molecular weight excluding hydrogens is 257 g/mol. The second kappa shape index (κ2) is 6.19. The van der Waals surface area contributed by atoms with Gasteiger partial charge in [-0.3, -0.25) is 4.79 Å². The molecule has 2 aromatic carbocycles. The standard InChI is InChI=1S/C16H16FNO2/c1-3-18(13-7-5-4-6-8-13)16(19)12-9-10-15(20-2)14(17)11-12/h4-11H,3H2,1-2H3. The summed E-state index contributed by atoms with van der Waals surface area (Å²) in [4.78, 5) is 14.0. The molecule has 0 unspecified atom stereocenters. The van der Waals surface area contributed by atoms with E-state index in [0.717, 1.165) is 5.69 Å². The molecule has 0 heterocycles. The first kappa shape index (κ1) is 14.1. The van der Waals surface area contributed by atoms with E-state index in [0.29, 0.717) is 12.1 Å². The van der Waals surface area contributed by atoms with Crippen molar-refractivity contribution in [3.05, 3.63) is 59.9 Å². The van der Waals surface area contributed by atoms with Gasteiger partial charge < -0.3 is 9.64 Å². The molecule has 104 valence electrons. The summed E-state index contributed by atoms with van der Waals surface area (Å²) in [6.45, 7) is 2.39. The van der Waals surface area contributed by atoms with E-state index in [4.69, 9.17) is 4.74 Å². The Bertz CT molecular complexity index is 599. The number of amides is 1. The van der Waals surface area contributed by atoms with Crippen LogP contribution in [0.4, 0.5) is 10.1 Å². The zero-order chi connectivity index (χ0) is 14.5. The van der Waals surface area contributed by atoms with Gasteiger partial charge in [-0.25, -0.2) is 4.39 Å². The number of para-hydroxylation sites is 1. The summed E-state index contributed by atoms with van der Waals surface area (Å²) in [5.41, 5.74) is 1.09. The van der Waals surface area contributed by atoms with Gasteiger partial charge in [-0.15, -0.1) is 0 Å². The molecule has 4 heteroatoms. The molecular formula is C16H16FNO2. The van der Waals surface area contributed by atoms with Gasteiger partial charge in [0.2, 0.25) is 0 Å². The third-order valence-electron chi connectivity index (χ3n) is 3.03. The van der Waals surface area contributed by atoms with E-state index in [1.165, 1.54) is 19.2 Å². The van der Waals surface area contributed by atoms with Crippen LogP contribution in [0.3, 0.4) is 0 Å². The topological polar surface area (TPSA) is 29.5 Å². The Labute approximate surface area is 117 Å². The van der Waals surface area contributed by atoms with Crippen LogP contribution in [0, 0.1) is 5.82 Å². The van der Waals surface area contributed by atoms with Gasteiger partial charge >= 0.3 is 0 Å². The monoisotopic (exact) mass is 273 g/mol. The molecule has 2 aromatic rings. The fraction of sp³-hybridized carbons (Fsp3) is 0.188. The van der Waals surface area contributed by atoms with Crippen molar-refractivity contribution in [1.29, 1.82) is 0 Å². The highest BCUT2D eigenvalue weighted by Gasteiger charge is 2.17. The highest BCUT2D eigenvalue weighted by atomic mass is 19.1. The first-order valence-electron chi connectivity index (χ1n) is 6.37. The zero-order valence-corrected chi connectivity index (χ0v) is 11.5. The Morgan fingerprint density at radius 3 is 2.45 bits per heavy atom. The molecule has 0 aliphatic rings. The number of anilines is 1. The van der Waals surface area contributed by atoms with Crippen LogP contribution in [0.25, 0.3) is 0 Å². The summed E-state index contributed by atoms with van der Waals surface area (Å²) in [5.74, 6) is -0.646. The van der Waals surface area contributed by atoms with Crippen LogP contribution in [0.1, 0.15) is 17.3 Å². The third kappa shape index (κ3) is 2.79. The van der Waals surface area contributed by atoms with Crippen molar-refractivity contribution in [3.8, 4) is 5.75 Å². The minimum absolute atomic E-state index is 0.129. The van der Waals surface area contributed by atoms with Gasteiger partial charge in [0.15, 0.2) is 11.6 Å². The number of rotatable bonds is 4. The summed E-state index contributed by atoms with van der Waals surface area (Å²) >= 11 is 0. The van der Waals surface area contributed by atoms with E-state index in [-0.39, 0.29) is 11.7 Å². The fourth-order valence-corrected chi connectivity index (χ4v) is 2.01. The summed E-state index contributed by atoms with van der Waals surface area (Å²) in [7, 11) is 1.39. The molecule has 20 heavy (non-hydrogen) atoms. The van der Waals surface area contributed by atoms with Gasteiger partial charge in [-0.2, -0.15) is 0 Å². The molecule has 0 bridgehead atoms. The molecule has 0 N–H and O–H groups in total. The van der Waals surface area contributed by atoms with Gasteiger partial charge in [-0.05, 0) is 37.3 Å². The molecule has 0 fully saturated rings. The maximum Gasteiger partial charge on any atom is 0.258 e. The number of carbonyl (C=O) groups is 1. The molecule has 0 aliphatic carbocycles. The van der Waals surface area contributed by atoms with E-state index in [2.05, 4.69) is 0 Å². The van der Waals surface area contributed by atoms with Crippen molar-refractivity contribution in [1.82, 2.24) is 0 Å². The van der Waals surface area contributed by atoms with Gasteiger partial charge in [0, 0.05) is 17.8 Å². The van der Waals surface area contributed by atoms with Crippen LogP contribution >= 0.6 is 0 Å². The number of halogens is 1. The number of hydrogen-bond acceptors (Lipinski definition) is 2. The van der Waals surface area contributed by atoms with Crippen molar-refractivity contribution >= 4 is 11.6 Å². The van der Waals surface area contributed by atoms with E-state index in [1.54, 1.807) is 11.0 Å². The lowest BCUT2D eigenvalue weighted by molar-refractivity contribution is 0.0988. The first-order valence-corrected chi connectivity index (χ1v) is 6.37. The number of methoxy groups -OCH3 is 1. The van der Waals surface area contributed by atoms with Crippen molar-refractivity contribution in [2.75, 3.05) is 18.6 Å². The molecule has 1 amide bonds. The third-order valence-corrected chi connectivity index (χ3v) is 3.03. The quantitative estimate of drug-likeness (QED) is 0.853. The highest BCUT2D eigenvalue weighted by molar-refractivity contribution is 6.06. The average Bonchev–Trinajstić information content (AvgIpc) is 2.49. The number of ether oxygens (including phenoxy) is 1. The molecule has 0 aliphatic heterocycles. The zero-order valence-electron chi connectivity index (χ0n) is 11.5. The number of carbonyl (C=O) groups excluding carboxylic acids is 1. The Hall–Kier alpha value is -2.36. The van der Waals surface area contributed by atoms with E-state index in [9.17, 15) is 9.18 Å². The van der Waals surface area contributed by atoms with Gasteiger partial charge in [0.1, 0.15) is 0 Å². The van der Waals surface area contributed by atoms with Crippen LogP contribution in [-0.2, 0) is 0 Å². The summed E-state index contributed by atoms with van der Waals surface area (Å²) in [5, 5.41) is 0. The molecule has 0 aromatic heterocycles. The molecule has 3 nitrogen and oxygen atoms in total. The van der Waals surface area contributed by atoms with Crippen LogP contribution < -0.4 is 9.64 Å². The fourth-order valence-electron chi connectivity index (χ4n) is 2.01. The number of hydrogen-bond donors (Lipinski definition) is 0. The number of nitrogens with zero attached hydrogens (tertiary/aromatic N) is 1. The lowest BCUT2D eigenvalue weighted by Gasteiger charge is -2.21. The predicted molar refractivity (Wildman–Crippen MR) is 76.7 cm³/mol. The predicted octanol–water partition coefficient (Wildman–Crippen LogP) is 3.50. The van der Waals surface area contributed by atoms with E-state index >= 15 is 0 Å². The van der Waals surface area contributed by atoms with Crippen LogP contribution in [0.15, 0.2) is 48.5 Å². The Morgan fingerprint density at radius 1 is 1.20 bits per heavy atom. The van der Waals surface area contributed by atoms with Gasteiger partial charge in [0.25, 0.3) is 5.91 Å². The maximum absolute atomic E-state index is 13.7. The smallest absolute Gasteiger partial charge is 0.258 e. The SMILES string of the molecule is CCN(C(=O)c1ccc(OC)c(F)c1)c1ccccc1. The largest absolute Gasteiger partial charge is 0.494 e. The lowest BCUT2D eigenvalue weighted by atomic mass is 10.1. The first-order chi connectivity index (χ1) is 9.67. The van der Waals surface area contributed by atoms with Crippen LogP contribution in [0.5, 0.6) is 5.75 Å². The average molecular weight is 273 g/mol. The molecule has 0 saturated heterocycles. The lowest BCUT2D eigenvalue weighted by Crippen LogP contribution is -2.30. The summed E-state index contributed by atoms with van der Waals surface area (Å²) in [6, 6.07) is 13.5. The van der Waals surface area contributed by atoms with Crippen LogP contribution in [0.2, 0.25) is 0 Å². The Balaban J connectivity index is 2.32. The minimum atomic E-state index is -0.539. The van der Waals surface area contributed by atoms with E-state index < -0.39 is 5.82 Å². The molecule has 0 radical (unpaired) electrons. The summed E-state index contributed by atoms with van der Waals surface area (Å²) in [6.07, 6.45) is 0. The maximum atomic E-state index is 13.7.